The monoisotopic (exact) mass is 354 g/mol. The molecule has 2 aromatic rings. The second-order valence-electron chi connectivity index (χ2n) is 7.22. The lowest BCUT2D eigenvalue weighted by atomic mass is 10.0. The summed E-state index contributed by atoms with van der Waals surface area (Å²) in [5.41, 5.74) is 4.72. The molecule has 2 aliphatic heterocycles. The van der Waals surface area contributed by atoms with Crippen LogP contribution in [-0.4, -0.2) is 40.3 Å². The Labute approximate surface area is 154 Å². The lowest BCUT2D eigenvalue weighted by Crippen LogP contribution is -2.31. The molecule has 1 N–H and O–H groups in total. The Morgan fingerprint density at radius 3 is 3.04 bits per heavy atom. The van der Waals surface area contributed by atoms with E-state index in [0.29, 0.717) is 13.0 Å². The number of carbonyl (C=O) groups excluding carboxylic acids is 1. The maximum atomic E-state index is 11.5. The third kappa shape index (κ3) is 3.90. The molecule has 3 heterocycles. The third-order valence-electron chi connectivity index (χ3n) is 5.16. The van der Waals surface area contributed by atoms with Gasteiger partial charge in [0.05, 0.1) is 12.3 Å². The van der Waals surface area contributed by atoms with Gasteiger partial charge in [0.2, 0.25) is 5.91 Å². The van der Waals surface area contributed by atoms with Gasteiger partial charge in [-0.25, -0.2) is 0 Å². The first kappa shape index (κ1) is 17.1. The normalized spacial score (nSPS) is 16.7. The van der Waals surface area contributed by atoms with E-state index in [1.807, 2.05) is 23.9 Å². The summed E-state index contributed by atoms with van der Waals surface area (Å²) in [4.78, 5) is 14.0. The van der Waals surface area contributed by atoms with E-state index in [9.17, 15) is 4.79 Å². The summed E-state index contributed by atoms with van der Waals surface area (Å²) in [5, 5.41) is 7.43. The molecule has 4 rings (SSSR count). The summed E-state index contributed by atoms with van der Waals surface area (Å²) < 4.78 is 7.79. The van der Waals surface area contributed by atoms with Crippen molar-refractivity contribution >= 4 is 11.6 Å². The van der Waals surface area contributed by atoms with Gasteiger partial charge in [0.15, 0.2) is 0 Å². The molecular formula is C20H26N4O2. The van der Waals surface area contributed by atoms with E-state index in [2.05, 4.69) is 27.6 Å². The van der Waals surface area contributed by atoms with Gasteiger partial charge in [-0.15, -0.1) is 0 Å². The molecule has 0 bridgehead atoms. The van der Waals surface area contributed by atoms with Crippen LogP contribution in [0.5, 0.6) is 5.75 Å². The highest BCUT2D eigenvalue weighted by molar-refractivity contribution is 5.94. The fourth-order valence-electron chi connectivity index (χ4n) is 3.77. The number of aromatic nitrogens is 2. The Kier molecular flexibility index (Phi) is 4.93. The van der Waals surface area contributed by atoms with Gasteiger partial charge < -0.3 is 10.1 Å². The van der Waals surface area contributed by atoms with Gasteiger partial charge in [0, 0.05) is 56.5 Å². The van der Waals surface area contributed by atoms with Crippen molar-refractivity contribution in [1.29, 1.82) is 0 Å². The molecular weight excluding hydrogens is 328 g/mol. The summed E-state index contributed by atoms with van der Waals surface area (Å²) in [7, 11) is 1.99. The first-order valence-corrected chi connectivity index (χ1v) is 9.47. The van der Waals surface area contributed by atoms with Crippen molar-refractivity contribution < 1.29 is 9.53 Å². The number of nitrogens with one attached hydrogen (secondary N) is 1. The SMILES string of the molecule is Cn1cc2c(n1)CCN(CCCCOc1ccc3c(c1)NC(=O)CC3)C2. The molecule has 26 heavy (non-hydrogen) atoms. The second kappa shape index (κ2) is 7.50. The molecule has 6 heteroatoms. The van der Waals surface area contributed by atoms with Gasteiger partial charge in [0.1, 0.15) is 5.75 Å². The number of unbranched alkanes of at least 4 members (excludes halogenated alkanes) is 1. The predicted molar refractivity (Wildman–Crippen MR) is 100 cm³/mol. The van der Waals surface area contributed by atoms with Crippen LogP contribution in [0.1, 0.15) is 36.1 Å². The summed E-state index contributed by atoms with van der Waals surface area (Å²) in [5.74, 6) is 0.928. The number of nitrogens with zero attached hydrogens (tertiary/aromatic N) is 3. The van der Waals surface area contributed by atoms with Crippen molar-refractivity contribution in [1.82, 2.24) is 14.7 Å². The molecule has 1 aromatic carbocycles. The number of aryl methyl sites for hydroxylation is 2. The summed E-state index contributed by atoms with van der Waals surface area (Å²) >= 11 is 0. The summed E-state index contributed by atoms with van der Waals surface area (Å²) in [6.45, 7) is 3.90. The molecule has 138 valence electrons. The number of anilines is 1. The zero-order valence-corrected chi connectivity index (χ0v) is 15.3. The van der Waals surface area contributed by atoms with Crippen molar-refractivity contribution in [3.63, 3.8) is 0 Å². The average Bonchev–Trinajstić information content (AvgIpc) is 3.00. The van der Waals surface area contributed by atoms with E-state index in [1.54, 1.807) is 0 Å². The summed E-state index contributed by atoms with van der Waals surface area (Å²) in [6.07, 6.45) is 6.73. The quantitative estimate of drug-likeness (QED) is 0.810. The Morgan fingerprint density at radius 1 is 1.19 bits per heavy atom. The highest BCUT2D eigenvalue weighted by Crippen LogP contribution is 2.27. The third-order valence-corrected chi connectivity index (χ3v) is 5.16. The Balaban J connectivity index is 1.19. The van der Waals surface area contributed by atoms with Crippen LogP contribution in [0.25, 0.3) is 0 Å². The van der Waals surface area contributed by atoms with Crippen molar-refractivity contribution in [3.05, 3.63) is 41.2 Å². The van der Waals surface area contributed by atoms with Gasteiger partial charge in [-0.05, 0) is 37.4 Å². The molecule has 0 saturated heterocycles. The molecule has 1 aromatic heterocycles. The molecule has 0 atom stereocenters. The molecule has 0 saturated carbocycles. The number of fused-ring (bicyclic) bond motifs is 2. The van der Waals surface area contributed by atoms with Gasteiger partial charge >= 0.3 is 0 Å². The first-order chi connectivity index (χ1) is 12.7. The maximum absolute atomic E-state index is 11.5. The van der Waals surface area contributed by atoms with Gasteiger partial charge in [0.25, 0.3) is 0 Å². The predicted octanol–water partition coefficient (Wildman–Crippen LogP) is 2.52. The Hall–Kier alpha value is -2.34. The fourth-order valence-corrected chi connectivity index (χ4v) is 3.77. The van der Waals surface area contributed by atoms with Gasteiger partial charge in [-0.3, -0.25) is 14.4 Å². The van der Waals surface area contributed by atoms with Crippen LogP contribution in [-0.2, 0) is 31.2 Å². The molecule has 2 aliphatic rings. The number of carbonyl (C=O) groups is 1. The van der Waals surface area contributed by atoms with Crippen LogP contribution in [0, 0.1) is 0 Å². The molecule has 6 nitrogen and oxygen atoms in total. The Morgan fingerprint density at radius 2 is 2.12 bits per heavy atom. The van der Waals surface area contributed by atoms with Crippen LogP contribution in [0.2, 0.25) is 0 Å². The second-order valence-corrected chi connectivity index (χ2v) is 7.22. The average molecular weight is 354 g/mol. The van der Waals surface area contributed by atoms with Gasteiger partial charge in [-0.1, -0.05) is 6.07 Å². The minimum atomic E-state index is 0.0907. The van der Waals surface area contributed by atoms with Crippen molar-refractivity contribution in [2.45, 2.75) is 38.6 Å². The molecule has 0 spiro atoms. The molecule has 0 radical (unpaired) electrons. The van der Waals surface area contributed by atoms with E-state index in [1.165, 1.54) is 16.8 Å². The first-order valence-electron chi connectivity index (χ1n) is 9.47. The highest BCUT2D eigenvalue weighted by Gasteiger charge is 2.18. The number of amides is 1. The highest BCUT2D eigenvalue weighted by atomic mass is 16.5. The zero-order valence-electron chi connectivity index (χ0n) is 15.3. The van der Waals surface area contributed by atoms with Crippen LogP contribution < -0.4 is 10.1 Å². The number of hydrogen-bond acceptors (Lipinski definition) is 4. The topological polar surface area (TPSA) is 59.4 Å². The minimum Gasteiger partial charge on any atom is -0.494 e. The van der Waals surface area contributed by atoms with Crippen LogP contribution in [0.15, 0.2) is 24.4 Å². The van der Waals surface area contributed by atoms with Crippen molar-refractivity contribution in [2.75, 3.05) is 25.0 Å². The maximum Gasteiger partial charge on any atom is 0.224 e. The lowest BCUT2D eigenvalue weighted by molar-refractivity contribution is -0.116. The van der Waals surface area contributed by atoms with E-state index in [0.717, 1.165) is 56.8 Å². The summed E-state index contributed by atoms with van der Waals surface area (Å²) in [6, 6.07) is 6.01. The lowest BCUT2D eigenvalue weighted by Gasteiger charge is -2.25. The van der Waals surface area contributed by atoms with Crippen LogP contribution >= 0.6 is 0 Å². The smallest absolute Gasteiger partial charge is 0.224 e. The minimum absolute atomic E-state index is 0.0907. The van der Waals surface area contributed by atoms with E-state index in [-0.39, 0.29) is 5.91 Å². The number of ether oxygens (including phenoxy) is 1. The van der Waals surface area contributed by atoms with Crippen LogP contribution in [0.4, 0.5) is 5.69 Å². The number of rotatable bonds is 6. The number of hydrogen-bond donors (Lipinski definition) is 1. The van der Waals surface area contributed by atoms with Crippen molar-refractivity contribution in [3.8, 4) is 5.75 Å². The van der Waals surface area contributed by atoms with Gasteiger partial charge in [-0.2, -0.15) is 5.10 Å². The fraction of sp³-hybridized carbons (Fsp3) is 0.500. The van der Waals surface area contributed by atoms with Crippen LogP contribution in [0.3, 0.4) is 0 Å². The van der Waals surface area contributed by atoms with E-state index < -0.39 is 0 Å². The van der Waals surface area contributed by atoms with Crippen molar-refractivity contribution in [2.24, 2.45) is 7.05 Å². The molecule has 0 aliphatic carbocycles. The van der Waals surface area contributed by atoms with E-state index in [4.69, 9.17) is 4.74 Å². The number of benzene rings is 1. The Bertz CT molecular complexity index is 799. The zero-order chi connectivity index (χ0) is 17.9. The molecule has 0 fully saturated rings. The largest absolute Gasteiger partial charge is 0.494 e. The molecule has 0 unspecified atom stereocenters. The molecule has 1 amide bonds. The van der Waals surface area contributed by atoms with E-state index >= 15 is 0 Å². The standard InChI is InChI=1S/C20H26N4O2/c1-23-13-16-14-24(10-8-18(16)22-23)9-2-3-11-26-17-6-4-15-5-7-20(25)21-19(15)12-17/h4,6,12-13H,2-3,5,7-11,14H2,1H3,(H,21,25).